The van der Waals surface area contributed by atoms with E-state index in [1.807, 2.05) is 48.1 Å². The maximum atomic E-state index is 12.4. The molecule has 0 aliphatic rings. The highest BCUT2D eigenvalue weighted by molar-refractivity contribution is 7.98. The van der Waals surface area contributed by atoms with E-state index in [4.69, 9.17) is 4.74 Å². The van der Waals surface area contributed by atoms with Crippen molar-refractivity contribution in [1.82, 2.24) is 14.9 Å². The van der Waals surface area contributed by atoms with Crippen LogP contribution in [-0.4, -0.2) is 41.5 Å². The molecule has 0 saturated carbocycles. The highest BCUT2D eigenvalue weighted by Crippen LogP contribution is 2.21. The highest BCUT2D eigenvalue weighted by atomic mass is 32.2. The fourth-order valence-corrected chi connectivity index (χ4v) is 2.62. The van der Waals surface area contributed by atoms with Gasteiger partial charge >= 0.3 is 0 Å². The van der Waals surface area contributed by atoms with Crippen LogP contribution in [0.15, 0.2) is 41.7 Å². The molecule has 5 nitrogen and oxygen atoms in total. The van der Waals surface area contributed by atoms with E-state index in [-0.39, 0.29) is 5.91 Å². The van der Waals surface area contributed by atoms with Gasteiger partial charge in [0.1, 0.15) is 5.69 Å². The van der Waals surface area contributed by atoms with Gasteiger partial charge in [-0.25, -0.2) is 4.98 Å². The van der Waals surface area contributed by atoms with Gasteiger partial charge in [0.25, 0.3) is 5.91 Å². The Hall–Kier alpha value is -1.79. The molecule has 0 atom stereocenters. The Labute approximate surface area is 135 Å². The monoisotopic (exact) mass is 319 g/mol. The minimum absolute atomic E-state index is 0.117. The molecule has 0 bridgehead atoms. The van der Waals surface area contributed by atoms with Crippen LogP contribution < -0.4 is 5.32 Å². The van der Waals surface area contributed by atoms with Gasteiger partial charge in [0.05, 0.1) is 6.20 Å². The zero-order chi connectivity index (χ0) is 15.8. The number of ether oxygens (including phenoxy) is 1. The van der Waals surface area contributed by atoms with Crippen LogP contribution in [0.25, 0.3) is 5.69 Å². The van der Waals surface area contributed by atoms with Crippen LogP contribution in [0.2, 0.25) is 0 Å². The van der Waals surface area contributed by atoms with Crippen LogP contribution in [0.5, 0.6) is 0 Å². The van der Waals surface area contributed by atoms with E-state index in [1.54, 1.807) is 6.20 Å². The maximum absolute atomic E-state index is 12.4. The van der Waals surface area contributed by atoms with E-state index in [9.17, 15) is 4.79 Å². The number of rotatable bonds is 8. The van der Waals surface area contributed by atoms with Crippen molar-refractivity contribution in [3.8, 4) is 5.69 Å². The number of carbonyl (C=O) groups is 1. The van der Waals surface area contributed by atoms with Gasteiger partial charge in [0.2, 0.25) is 0 Å². The van der Waals surface area contributed by atoms with Crippen LogP contribution in [0.4, 0.5) is 0 Å². The Morgan fingerprint density at radius 1 is 1.36 bits per heavy atom. The number of benzene rings is 1. The van der Waals surface area contributed by atoms with Gasteiger partial charge in [0, 0.05) is 25.4 Å². The molecule has 0 aliphatic carbocycles. The molecule has 22 heavy (non-hydrogen) atoms. The van der Waals surface area contributed by atoms with Crippen molar-refractivity contribution < 1.29 is 9.53 Å². The number of hydrogen-bond donors (Lipinski definition) is 1. The number of amides is 1. The van der Waals surface area contributed by atoms with Crippen molar-refractivity contribution in [3.05, 3.63) is 42.2 Å². The standard InChI is InChI=1S/C16H21N3O2S/c1-3-21-11-7-10-17-15(20)14-12-18-16(22-2)19(14)13-8-5-4-6-9-13/h4-6,8-9,12H,3,7,10-11H2,1-2H3,(H,17,20). The van der Waals surface area contributed by atoms with E-state index < -0.39 is 0 Å². The molecule has 2 rings (SSSR count). The third-order valence-electron chi connectivity index (χ3n) is 3.11. The summed E-state index contributed by atoms with van der Waals surface area (Å²) < 4.78 is 7.14. The van der Waals surface area contributed by atoms with Gasteiger partial charge in [-0.15, -0.1) is 0 Å². The fourth-order valence-electron chi connectivity index (χ4n) is 2.08. The van der Waals surface area contributed by atoms with Gasteiger partial charge < -0.3 is 10.1 Å². The molecule has 6 heteroatoms. The van der Waals surface area contributed by atoms with Gasteiger partial charge in [-0.2, -0.15) is 0 Å². The van der Waals surface area contributed by atoms with Crippen molar-refractivity contribution >= 4 is 17.7 Å². The fraction of sp³-hybridized carbons (Fsp3) is 0.375. The molecule has 2 aromatic rings. The molecule has 0 saturated heterocycles. The van der Waals surface area contributed by atoms with Gasteiger partial charge in [0.15, 0.2) is 5.16 Å². The average Bonchev–Trinajstić information content (AvgIpc) is 2.99. The molecule has 1 amide bonds. The average molecular weight is 319 g/mol. The number of thioether (sulfide) groups is 1. The summed E-state index contributed by atoms with van der Waals surface area (Å²) in [5.41, 5.74) is 1.48. The second-order valence-corrected chi connectivity index (χ2v) is 5.38. The van der Waals surface area contributed by atoms with Crippen LogP contribution >= 0.6 is 11.8 Å². The third-order valence-corrected chi connectivity index (χ3v) is 3.77. The topological polar surface area (TPSA) is 56.1 Å². The van der Waals surface area contributed by atoms with Crippen LogP contribution in [0.3, 0.4) is 0 Å². The summed E-state index contributed by atoms with van der Waals surface area (Å²) in [5, 5.41) is 3.71. The minimum atomic E-state index is -0.117. The highest BCUT2D eigenvalue weighted by Gasteiger charge is 2.16. The lowest BCUT2D eigenvalue weighted by atomic mass is 10.3. The van der Waals surface area contributed by atoms with Crippen LogP contribution in [0, 0.1) is 0 Å². The van der Waals surface area contributed by atoms with E-state index >= 15 is 0 Å². The number of aromatic nitrogens is 2. The third kappa shape index (κ3) is 4.11. The van der Waals surface area contributed by atoms with Gasteiger partial charge in [-0.05, 0) is 31.7 Å². The van der Waals surface area contributed by atoms with Gasteiger partial charge in [-0.1, -0.05) is 30.0 Å². The number of hydrogen-bond acceptors (Lipinski definition) is 4. The van der Waals surface area contributed by atoms with E-state index in [0.29, 0.717) is 25.5 Å². The zero-order valence-electron chi connectivity index (χ0n) is 12.9. The van der Waals surface area contributed by atoms with E-state index in [0.717, 1.165) is 17.3 Å². The Morgan fingerprint density at radius 2 is 2.14 bits per heavy atom. The normalized spacial score (nSPS) is 10.6. The second kappa shape index (κ2) is 8.60. The molecule has 1 aromatic heterocycles. The molecule has 0 spiro atoms. The molecule has 0 unspecified atom stereocenters. The predicted molar refractivity (Wildman–Crippen MR) is 88.8 cm³/mol. The van der Waals surface area contributed by atoms with Crippen molar-refractivity contribution in [3.63, 3.8) is 0 Å². The summed E-state index contributed by atoms with van der Waals surface area (Å²) in [6.07, 6.45) is 4.37. The van der Waals surface area contributed by atoms with E-state index in [2.05, 4.69) is 10.3 Å². The Kier molecular flexibility index (Phi) is 6.48. The van der Waals surface area contributed by atoms with E-state index in [1.165, 1.54) is 11.8 Å². The number of para-hydroxylation sites is 1. The van der Waals surface area contributed by atoms with Crippen molar-refractivity contribution in [2.75, 3.05) is 26.0 Å². The predicted octanol–water partition coefficient (Wildman–Crippen LogP) is 2.75. The molecule has 0 aliphatic heterocycles. The number of carbonyl (C=O) groups excluding carboxylic acids is 1. The van der Waals surface area contributed by atoms with Crippen molar-refractivity contribution in [2.24, 2.45) is 0 Å². The Bertz CT molecular complexity index is 599. The first-order valence-corrected chi connectivity index (χ1v) is 8.53. The lowest BCUT2D eigenvalue weighted by molar-refractivity contribution is 0.0937. The minimum Gasteiger partial charge on any atom is -0.382 e. The first-order valence-electron chi connectivity index (χ1n) is 7.31. The van der Waals surface area contributed by atoms with Crippen LogP contribution in [-0.2, 0) is 4.74 Å². The SMILES string of the molecule is CCOCCCNC(=O)c1cnc(SC)n1-c1ccccc1. The molecule has 1 aromatic carbocycles. The molecule has 1 heterocycles. The summed E-state index contributed by atoms with van der Waals surface area (Å²) in [6.45, 7) is 3.91. The lowest BCUT2D eigenvalue weighted by Crippen LogP contribution is -2.27. The molecule has 0 fully saturated rings. The van der Waals surface area contributed by atoms with Crippen molar-refractivity contribution in [2.45, 2.75) is 18.5 Å². The Balaban J connectivity index is 2.11. The summed E-state index contributed by atoms with van der Waals surface area (Å²) in [4.78, 5) is 16.7. The quantitative estimate of drug-likeness (QED) is 0.600. The zero-order valence-corrected chi connectivity index (χ0v) is 13.7. The lowest BCUT2D eigenvalue weighted by Gasteiger charge is -2.11. The summed E-state index contributed by atoms with van der Waals surface area (Å²) in [7, 11) is 0. The molecular weight excluding hydrogens is 298 g/mol. The number of nitrogens with zero attached hydrogens (tertiary/aromatic N) is 2. The summed E-state index contributed by atoms with van der Waals surface area (Å²) in [6, 6.07) is 9.78. The maximum Gasteiger partial charge on any atom is 0.269 e. The molecule has 0 radical (unpaired) electrons. The smallest absolute Gasteiger partial charge is 0.269 e. The summed E-state index contributed by atoms with van der Waals surface area (Å²) >= 11 is 1.52. The van der Waals surface area contributed by atoms with Crippen LogP contribution in [0.1, 0.15) is 23.8 Å². The number of nitrogens with one attached hydrogen (secondary N) is 1. The molecule has 118 valence electrons. The van der Waals surface area contributed by atoms with Gasteiger partial charge in [-0.3, -0.25) is 9.36 Å². The first kappa shape index (κ1) is 16.6. The molecular formula is C16H21N3O2S. The summed E-state index contributed by atoms with van der Waals surface area (Å²) in [5.74, 6) is -0.117. The first-order chi connectivity index (χ1) is 10.8. The number of imidazole rings is 1. The Morgan fingerprint density at radius 3 is 2.82 bits per heavy atom. The molecule has 1 N–H and O–H groups in total. The largest absolute Gasteiger partial charge is 0.382 e. The second-order valence-electron chi connectivity index (χ2n) is 4.61. The van der Waals surface area contributed by atoms with Crippen molar-refractivity contribution in [1.29, 1.82) is 0 Å².